The summed E-state index contributed by atoms with van der Waals surface area (Å²) in [5, 5.41) is 12.8. The van der Waals surface area contributed by atoms with Gasteiger partial charge in [0.1, 0.15) is 17.1 Å². The molecule has 0 spiro atoms. The third-order valence-corrected chi connectivity index (χ3v) is 4.03. The van der Waals surface area contributed by atoms with E-state index in [1.54, 1.807) is 32.9 Å². The fraction of sp³-hybridized carbons (Fsp3) is 0.500. The fourth-order valence-corrected chi connectivity index (χ4v) is 2.62. The van der Waals surface area contributed by atoms with Crippen molar-refractivity contribution >= 4 is 25.0 Å². The molecule has 9 nitrogen and oxygen atoms in total. The summed E-state index contributed by atoms with van der Waals surface area (Å²) in [7, 11) is 0.0195. The number of benzene rings is 1. The monoisotopic (exact) mass is 393 g/mol. The molecular weight excluding hydrogens is 369 g/mol. The standard InChI is InChI=1S/C18H24BNO8/c1-10(21)20-13-8-11-6-7-12(25-5)14(15(11)28-19(13)24)16(22)26-9-27-17(23)18(2,3)4/h6-7,13,24H,8-9H2,1-5H3,(H,20,21). The highest BCUT2D eigenvalue weighted by molar-refractivity contribution is 6.47. The summed E-state index contributed by atoms with van der Waals surface area (Å²) < 4.78 is 20.6. The van der Waals surface area contributed by atoms with Crippen molar-refractivity contribution in [2.75, 3.05) is 13.9 Å². The van der Waals surface area contributed by atoms with Crippen LogP contribution in [-0.4, -0.2) is 49.8 Å². The summed E-state index contributed by atoms with van der Waals surface area (Å²) in [5.41, 5.74) is -0.183. The number of ether oxygens (including phenoxy) is 3. The maximum Gasteiger partial charge on any atom is 0.547 e. The average Bonchev–Trinajstić information content (AvgIpc) is 2.60. The Kier molecular flexibility index (Phi) is 6.55. The van der Waals surface area contributed by atoms with Crippen molar-refractivity contribution in [2.45, 2.75) is 40.1 Å². The molecule has 0 aliphatic carbocycles. The van der Waals surface area contributed by atoms with Crippen LogP contribution in [0.2, 0.25) is 0 Å². The van der Waals surface area contributed by atoms with Gasteiger partial charge in [-0.2, -0.15) is 0 Å². The molecule has 0 fully saturated rings. The van der Waals surface area contributed by atoms with Crippen molar-refractivity contribution in [1.82, 2.24) is 5.32 Å². The molecular formula is C18H24BNO8. The number of carbonyl (C=O) groups is 3. The molecule has 10 heteroatoms. The fourth-order valence-electron chi connectivity index (χ4n) is 2.62. The van der Waals surface area contributed by atoms with Crippen molar-refractivity contribution in [1.29, 1.82) is 0 Å². The van der Waals surface area contributed by atoms with E-state index in [9.17, 15) is 19.4 Å². The van der Waals surface area contributed by atoms with Crippen LogP contribution in [-0.2, 0) is 25.5 Å². The van der Waals surface area contributed by atoms with Gasteiger partial charge in [-0.1, -0.05) is 6.07 Å². The minimum atomic E-state index is -1.35. The van der Waals surface area contributed by atoms with Gasteiger partial charge in [0.2, 0.25) is 12.7 Å². The second-order valence-electron chi connectivity index (χ2n) is 7.38. The van der Waals surface area contributed by atoms with Crippen molar-refractivity contribution < 1.29 is 38.3 Å². The molecule has 1 unspecified atom stereocenters. The summed E-state index contributed by atoms with van der Waals surface area (Å²) >= 11 is 0. The van der Waals surface area contributed by atoms with E-state index in [2.05, 4.69) is 5.32 Å². The Morgan fingerprint density at radius 2 is 1.96 bits per heavy atom. The molecule has 1 aromatic rings. The lowest BCUT2D eigenvalue weighted by atomic mass is 9.72. The number of hydrogen-bond acceptors (Lipinski definition) is 8. The van der Waals surface area contributed by atoms with E-state index >= 15 is 0 Å². The number of methoxy groups -OCH3 is 1. The second-order valence-corrected chi connectivity index (χ2v) is 7.38. The molecule has 1 aliphatic heterocycles. The Hall–Kier alpha value is -2.75. The predicted molar refractivity (Wildman–Crippen MR) is 98.7 cm³/mol. The van der Waals surface area contributed by atoms with Gasteiger partial charge in [0.05, 0.1) is 18.5 Å². The first-order valence-corrected chi connectivity index (χ1v) is 8.70. The minimum absolute atomic E-state index is 0.0351. The maximum atomic E-state index is 12.6. The molecule has 0 radical (unpaired) electrons. The molecule has 152 valence electrons. The van der Waals surface area contributed by atoms with Gasteiger partial charge < -0.3 is 29.2 Å². The van der Waals surface area contributed by atoms with Gasteiger partial charge in [0.25, 0.3) is 0 Å². The predicted octanol–water partition coefficient (Wildman–Crippen LogP) is 0.858. The van der Waals surface area contributed by atoms with Gasteiger partial charge in [-0.25, -0.2) is 4.79 Å². The Morgan fingerprint density at radius 3 is 2.54 bits per heavy atom. The Bertz CT molecular complexity index is 774. The molecule has 0 bridgehead atoms. The molecule has 1 aromatic carbocycles. The van der Waals surface area contributed by atoms with Crippen LogP contribution < -0.4 is 14.7 Å². The van der Waals surface area contributed by atoms with Crippen LogP contribution in [0.15, 0.2) is 12.1 Å². The summed E-state index contributed by atoms with van der Waals surface area (Å²) in [6.45, 7) is 5.79. The van der Waals surface area contributed by atoms with E-state index in [-0.39, 0.29) is 29.4 Å². The van der Waals surface area contributed by atoms with Crippen LogP contribution in [0, 0.1) is 5.41 Å². The molecule has 0 saturated carbocycles. The number of nitrogens with one attached hydrogen (secondary N) is 1. The third kappa shape index (κ3) is 4.95. The van der Waals surface area contributed by atoms with E-state index in [4.69, 9.17) is 18.9 Å². The quantitative estimate of drug-likeness (QED) is 0.429. The molecule has 1 aliphatic rings. The largest absolute Gasteiger partial charge is 0.547 e. The first-order valence-electron chi connectivity index (χ1n) is 8.70. The number of rotatable bonds is 5. The van der Waals surface area contributed by atoms with Gasteiger partial charge in [-0.15, -0.1) is 0 Å². The molecule has 0 aromatic heterocycles. The number of hydrogen-bond donors (Lipinski definition) is 2. The minimum Gasteiger partial charge on any atom is -0.534 e. The lowest BCUT2D eigenvalue weighted by Crippen LogP contribution is -2.52. The Balaban J connectivity index is 2.21. The van der Waals surface area contributed by atoms with Crippen LogP contribution >= 0.6 is 0 Å². The molecule has 0 saturated heterocycles. The number of amides is 1. The third-order valence-electron chi connectivity index (χ3n) is 4.03. The highest BCUT2D eigenvalue weighted by Gasteiger charge is 2.38. The Labute approximate surface area is 163 Å². The number of fused-ring (bicyclic) bond motifs is 1. The van der Waals surface area contributed by atoms with Gasteiger partial charge in [0, 0.05) is 6.92 Å². The van der Waals surface area contributed by atoms with Crippen LogP contribution in [0.5, 0.6) is 11.5 Å². The summed E-state index contributed by atoms with van der Waals surface area (Å²) in [6.07, 6.45) is 0.249. The van der Waals surface area contributed by atoms with E-state index in [1.807, 2.05) is 0 Å². The van der Waals surface area contributed by atoms with Crippen LogP contribution in [0.4, 0.5) is 0 Å². The molecule has 2 N–H and O–H groups in total. The van der Waals surface area contributed by atoms with E-state index in [0.29, 0.717) is 5.56 Å². The van der Waals surface area contributed by atoms with Crippen LogP contribution in [0.1, 0.15) is 43.6 Å². The Morgan fingerprint density at radius 1 is 1.29 bits per heavy atom. The topological polar surface area (TPSA) is 120 Å². The van der Waals surface area contributed by atoms with E-state index in [0.717, 1.165) is 0 Å². The zero-order chi connectivity index (χ0) is 21.1. The van der Waals surface area contributed by atoms with E-state index < -0.39 is 37.2 Å². The van der Waals surface area contributed by atoms with Crippen molar-refractivity contribution in [3.8, 4) is 11.5 Å². The molecule has 28 heavy (non-hydrogen) atoms. The number of esters is 2. The maximum absolute atomic E-state index is 12.6. The van der Waals surface area contributed by atoms with Crippen molar-refractivity contribution in [3.63, 3.8) is 0 Å². The molecule has 1 heterocycles. The smallest absolute Gasteiger partial charge is 0.534 e. The first-order chi connectivity index (χ1) is 13.0. The highest BCUT2D eigenvalue weighted by Crippen LogP contribution is 2.36. The average molecular weight is 393 g/mol. The number of carbonyl (C=O) groups excluding carboxylic acids is 3. The summed E-state index contributed by atoms with van der Waals surface area (Å²) in [4.78, 5) is 35.6. The molecule has 2 rings (SSSR count). The van der Waals surface area contributed by atoms with Crippen molar-refractivity contribution in [2.24, 2.45) is 5.41 Å². The van der Waals surface area contributed by atoms with Gasteiger partial charge in [-0.05, 0) is 38.8 Å². The zero-order valence-corrected chi connectivity index (χ0v) is 16.5. The van der Waals surface area contributed by atoms with Crippen molar-refractivity contribution in [3.05, 3.63) is 23.3 Å². The SMILES string of the molecule is COc1ccc2c(c1C(=O)OCOC(=O)C(C)(C)C)OB(O)C(NC(C)=O)C2. The summed E-state index contributed by atoms with van der Waals surface area (Å²) in [5.74, 6) is -2.05. The van der Waals surface area contributed by atoms with Gasteiger partial charge >= 0.3 is 19.1 Å². The second kappa shape index (κ2) is 8.51. The molecule has 1 atom stereocenters. The van der Waals surface area contributed by atoms with Crippen LogP contribution in [0.3, 0.4) is 0 Å². The summed E-state index contributed by atoms with van der Waals surface area (Å²) in [6, 6.07) is 3.23. The lowest BCUT2D eigenvalue weighted by molar-refractivity contribution is -0.161. The highest BCUT2D eigenvalue weighted by atomic mass is 16.7. The van der Waals surface area contributed by atoms with Crippen LogP contribution in [0.25, 0.3) is 0 Å². The first kappa shape index (κ1) is 21.6. The van der Waals surface area contributed by atoms with E-state index in [1.165, 1.54) is 14.0 Å². The zero-order valence-electron chi connectivity index (χ0n) is 16.5. The van der Waals surface area contributed by atoms with Gasteiger partial charge in [0.15, 0.2) is 0 Å². The lowest BCUT2D eigenvalue weighted by Gasteiger charge is -2.29. The molecule has 1 amide bonds. The van der Waals surface area contributed by atoms with Gasteiger partial charge in [-0.3, -0.25) is 9.59 Å². The normalized spacial score (nSPS) is 15.8.